The fourth-order valence-electron chi connectivity index (χ4n) is 1.72. The van der Waals surface area contributed by atoms with E-state index < -0.39 is 0 Å². The summed E-state index contributed by atoms with van der Waals surface area (Å²) in [7, 11) is 0. The molecule has 0 saturated carbocycles. The number of hydrogen-bond donors (Lipinski definition) is 1. The van der Waals surface area contributed by atoms with E-state index in [2.05, 4.69) is 13.8 Å². The van der Waals surface area contributed by atoms with Crippen LogP contribution >= 0.6 is 0 Å². The Morgan fingerprint density at radius 2 is 1.62 bits per heavy atom. The first-order chi connectivity index (χ1) is 7.18. The van der Waals surface area contributed by atoms with Crippen LogP contribution in [-0.4, -0.2) is 42.8 Å². The van der Waals surface area contributed by atoms with E-state index in [4.69, 9.17) is 5.11 Å². The number of phenolic OH excluding ortho intramolecular Hbond substituents is 1. The molecule has 0 bridgehead atoms. The first kappa shape index (κ1) is 16.3. The fraction of sp³-hybridized carbons (Fsp3) is 0.571. The Bertz CT molecular complexity index is 267. The van der Waals surface area contributed by atoms with Crippen LogP contribution in [-0.2, 0) is 6.42 Å². The van der Waals surface area contributed by atoms with Gasteiger partial charge in [-0.25, -0.2) is 0 Å². The Kier molecular flexibility index (Phi) is 9.49. The number of aryl methyl sites for hydroxylation is 1. The van der Waals surface area contributed by atoms with Crippen LogP contribution in [0.15, 0.2) is 24.3 Å². The van der Waals surface area contributed by atoms with E-state index >= 15 is 0 Å². The Labute approximate surface area is 129 Å². The third-order valence-electron chi connectivity index (χ3n) is 2.68. The van der Waals surface area contributed by atoms with Crippen LogP contribution in [0.5, 0.6) is 5.75 Å². The molecule has 0 fully saturated rings. The number of benzene rings is 1. The first-order valence-electron chi connectivity index (χ1n) is 5.96. The molecule has 0 amide bonds. The van der Waals surface area contributed by atoms with Gasteiger partial charge in [0, 0.05) is 0 Å². The maximum absolute atomic E-state index is 9.13. The van der Waals surface area contributed by atoms with Gasteiger partial charge in [0.2, 0.25) is 0 Å². The van der Waals surface area contributed by atoms with Gasteiger partial charge in [-0.2, -0.15) is 0 Å². The summed E-state index contributed by atoms with van der Waals surface area (Å²) in [6, 6.07) is 7.56. The average molecular weight is 248 g/mol. The summed E-state index contributed by atoms with van der Waals surface area (Å²) in [4.78, 5) is 0. The third-order valence-corrected chi connectivity index (χ3v) is 2.68. The quantitative estimate of drug-likeness (QED) is 0.605. The minimum atomic E-state index is 0. The van der Waals surface area contributed by atoms with Gasteiger partial charge in [0.15, 0.2) is 0 Å². The first-order valence-corrected chi connectivity index (χ1v) is 5.96. The van der Waals surface area contributed by atoms with Crippen LogP contribution in [0.1, 0.15) is 45.1 Å². The number of rotatable bonds is 6. The monoisotopic (exact) mass is 248 g/mol. The Hall–Kier alpha value is 0.280. The number of hydrogen-bond acceptors (Lipinski definition) is 1. The number of unbranched alkanes of at least 4 members (excludes halogenated alkanes) is 2. The van der Waals surface area contributed by atoms with Crippen LogP contribution in [0, 0.1) is 5.92 Å². The van der Waals surface area contributed by atoms with Crippen molar-refractivity contribution in [1.82, 2.24) is 0 Å². The van der Waals surface area contributed by atoms with Crippen LogP contribution in [0.2, 0.25) is 0 Å². The third kappa shape index (κ3) is 7.54. The van der Waals surface area contributed by atoms with Crippen molar-refractivity contribution in [2.75, 3.05) is 0 Å². The number of phenols is 1. The van der Waals surface area contributed by atoms with Crippen LogP contribution in [0.25, 0.3) is 0 Å². The molecule has 0 aliphatic rings. The van der Waals surface area contributed by atoms with Crippen molar-refractivity contribution in [3.8, 4) is 5.75 Å². The molecule has 0 aliphatic heterocycles. The zero-order valence-corrected chi connectivity index (χ0v) is 9.87. The zero-order chi connectivity index (χ0) is 11.1. The molecule has 0 saturated heterocycles. The molecule has 0 aromatic heterocycles. The van der Waals surface area contributed by atoms with Crippen molar-refractivity contribution in [2.24, 2.45) is 5.92 Å². The van der Waals surface area contributed by atoms with Crippen LogP contribution < -0.4 is 0 Å². The Balaban J connectivity index is 0.00000225. The molecular formula is C14H24CaO. The summed E-state index contributed by atoms with van der Waals surface area (Å²) in [5.41, 5.74) is 1.33. The molecule has 0 spiro atoms. The predicted molar refractivity (Wildman–Crippen MR) is 73.7 cm³/mol. The fourth-order valence-corrected chi connectivity index (χ4v) is 1.72. The van der Waals surface area contributed by atoms with Gasteiger partial charge in [0.05, 0.1) is 0 Å². The van der Waals surface area contributed by atoms with Crippen molar-refractivity contribution in [2.45, 2.75) is 46.0 Å². The summed E-state index contributed by atoms with van der Waals surface area (Å²) in [6.45, 7) is 4.56. The molecule has 0 unspecified atom stereocenters. The molecule has 1 nitrogen and oxygen atoms in total. The molecule has 1 N–H and O–H groups in total. The van der Waals surface area contributed by atoms with Gasteiger partial charge in [-0.05, 0) is 36.5 Å². The van der Waals surface area contributed by atoms with E-state index in [1.165, 1.54) is 31.2 Å². The summed E-state index contributed by atoms with van der Waals surface area (Å²) in [5.74, 6) is 1.19. The summed E-state index contributed by atoms with van der Waals surface area (Å²) in [5, 5.41) is 9.13. The van der Waals surface area contributed by atoms with Crippen molar-refractivity contribution >= 4 is 37.7 Å². The van der Waals surface area contributed by atoms with E-state index in [0.717, 1.165) is 12.3 Å². The molecule has 1 rings (SSSR count). The zero-order valence-electron chi connectivity index (χ0n) is 9.87. The molecule has 88 valence electrons. The topological polar surface area (TPSA) is 20.2 Å². The molecule has 16 heavy (non-hydrogen) atoms. The van der Waals surface area contributed by atoms with E-state index in [-0.39, 0.29) is 37.7 Å². The molecule has 1 aromatic rings. The average Bonchev–Trinajstić information content (AvgIpc) is 2.20. The van der Waals surface area contributed by atoms with Crippen molar-refractivity contribution in [1.29, 1.82) is 0 Å². The van der Waals surface area contributed by atoms with E-state index in [9.17, 15) is 0 Å². The van der Waals surface area contributed by atoms with E-state index in [0.29, 0.717) is 5.75 Å². The van der Waals surface area contributed by atoms with Crippen LogP contribution in [0.3, 0.4) is 0 Å². The van der Waals surface area contributed by atoms with Crippen molar-refractivity contribution in [3.63, 3.8) is 0 Å². The molecule has 0 aliphatic carbocycles. The van der Waals surface area contributed by atoms with Gasteiger partial charge in [-0.15, -0.1) is 0 Å². The van der Waals surface area contributed by atoms with E-state index in [1.807, 2.05) is 12.1 Å². The summed E-state index contributed by atoms with van der Waals surface area (Å²) < 4.78 is 0. The van der Waals surface area contributed by atoms with Crippen molar-refractivity contribution < 1.29 is 5.11 Å². The second-order valence-electron chi connectivity index (χ2n) is 4.66. The summed E-state index contributed by atoms with van der Waals surface area (Å²) in [6.07, 6.45) is 6.40. The standard InChI is InChI=1S/C14H22O.Ca.2H/c1-12(2)6-4-3-5-7-13-8-10-14(15)11-9-13;;;/h8-12,15H,3-7H2,1-2H3;;;. The normalized spacial score (nSPS) is 10.2. The number of aromatic hydroxyl groups is 1. The van der Waals surface area contributed by atoms with Gasteiger partial charge in [0.25, 0.3) is 0 Å². The molecule has 0 radical (unpaired) electrons. The SMILES string of the molecule is CC(C)CCCCCc1ccc(O)cc1.[CaH2]. The summed E-state index contributed by atoms with van der Waals surface area (Å²) >= 11 is 0. The Morgan fingerprint density at radius 1 is 1.00 bits per heavy atom. The van der Waals surface area contributed by atoms with Gasteiger partial charge >= 0.3 is 37.7 Å². The molecule has 2 heteroatoms. The van der Waals surface area contributed by atoms with E-state index in [1.54, 1.807) is 12.1 Å². The molecule has 1 aromatic carbocycles. The van der Waals surface area contributed by atoms with Gasteiger partial charge in [-0.3, -0.25) is 0 Å². The minimum absolute atomic E-state index is 0. The van der Waals surface area contributed by atoms with Gasteiger partial charge in [-0.1, -0.05) is 45.2 Å². The molecular weight excluding hydrogens is 224 g/mol. The second kappa shape index (κ2) is 9.32. The predicted octanol–water partition coefficient (Wildman–Crippen LogP) is 3.23. The molecule has 0 heterocycles. The van der Waals surface area contributed by atoms with Gasteiger partial charge in [0.1, 0.15) is 5.75 Å². The molecule has 0 atom stereocenters. The van der Waals surface area contributed by atoms with Gasteiger partial charge < -0.3 is 5.11 Å². The van der Waals surface area contributed by atoms with Crippen LogP contribution in [0.4, 0.5) is 0 Å². The maximum atomic E-state index is 9.13. The van der Waals surface area contributed by atoms with Crippen molar-refractivity contribution in [3.05, 3.63) is 29.8 Å². The second-order valence-corrected chi connectivity index (χ2v) is 4.66. The Morgan fingerprint density at radius 3 is 2.19 bits per heavy atom.